The second-order valence-electron chi connectivity index (χ2n) is 6.28. The molecule has 2 heterocycles. The predicted octanol–water partition coefficient (Wildman–Crippen LogP) is 1.74. The Bertz CT molecular complexity index is 545. The number of alkyl carbamates (subject to hydrolysis) is 1. The molecule has 0 aromatic carbocycles. The second kappa shape index (κ2) is 6.51. The number of rotatable bonds is 3. The first-order chi connectivity index (χ1) is 10.2. The maximum atomic E-state index is 11.7. The Hall–Kier alpha value is -1.83. The van der Waals surface area contributed by atoms with Crippen LogP contribution in [-0.2, 0) is 4.74 Å². The van der Waals surface area contributed by atoms with E-state index in [-0.39, 0.29) is 12.1 Å². The minimum Gasteiger partial charge on any atom is -0.444 e. The summed E-state index contributed by atoms with van der Waals surface area (Å²) in [5.41, 5.74) is 4.75. The molecule has 8 heteroatoms. The van der Waals surface area contributed by atoms with E-state index in [2.05, 4.69) is 15.2 Å². The quantitative estimate of drug-likeness (QED) is 0.881. The van der Waals surface area contributed by atoms with Crippen LogP contribution in [0.15, 0.2) is 6.20 Å². The molecule has 122 valence electrons. The van der Waals surface area contributed by atoms with E-state index in [0.29, 0.717) is 4.88 Å². The van der Waals surface area contributed by atoms with Gasteiger partial charge in [-0.1, -0.05) is 11.3 Å². The number of aromatic nitrogens is 1. The normalized spacial score (nSPS) is 16.4. The molecule has 1 aromatic rings. The van der Waals surface area contributed by atoms with Gasteiger partial charge in [-0.3, -0.25) is 4.79 Å². The second-order valence-corrected chi connectivity index (χ2v) is 7.29. The molecule has 0 atom stereocenters. The minimum absolute atomic E-state index is 0.0988. The van der Waals surface area contributed by atoms with Crippen molar-refractivity contribution in [3.63, 3.8) is 0 Å². The zero-order valence-corrected chi connectivity index (χ0v) is 13.9. The van der Waals surface area contributed by atoms with Crippen molar-refractivity contribution in [2.24, 2.45) is 5.73 Å². The number of nitrogens with one attached hydrogen (secondary N) is 1. The fourth-order valence-corrected chi connectivity index (χ4v) is 3.03. The van der Waals surface area contributed by atoms with E-state index < -0.39 is 11.5 Å². The van der Waals surface area contributed by atoms with Crippen LogP contribution >= 0.6 is 11.3 Å². The highest BCUT2D eigenvalue weighted by atomic mass is 32.1. The molecule has 0 radical (unpaired) electrons. The number of primary amides is 1. The van der Waals surface area contributed by atoms with Gasteiger partial charge in [0.2, 0.25) is 0 Å². The van der Waals surface area contributed by atoms with E-state index in [4.69, 9.17) is 10.5 Å². The van der Waals surface area contributed by atoms with Gasteiger partial charge in [0.25, 0.3) is 5.91 Å². The highest BCUT2D eigenvalue weighted by molar-refractivity contribution is 7.17. The van der Waals surface area contributed by atoms with Crippen molar-refractivity contribution in [3.05, 3.63) is 11.1 Å². The van der Waals surface area contributed by atoms with Crippen molar-refractivity contribution in [2.75, 3.05) is 18.0 Å². The Labute approximate surface area is 133 Å². The first-order valence-corrected chi connectivity index (χ1v) is 8.06. The maximum Gasteiger partial charge on any atom is 0.407 e. The number of hydrogen-bond donors (Lipinski definition) is 2. The molecule has 0 aliphatic carbocycles. The van der Waals surface area contributed by atoms with Crippen LogP contribution in [0, 0.1) is 0 Å². The van der Waals surface area contributed by atoms with E-state index in [1.54, 1.807) is 0 Å². The summed E-state index contributed by atoms with van der Waals surface area (Å²) >= 11 is 1.30. The first-order valence-electron chi connectivity index (χ1n) is 7.25. The van der Waals surface area contributed by atoms with Gasteiger partial charge in [-0.25, -0.2) is 9.78 Å². The monoisotopic (exact) mass is 326 g/mol. The van der Waals surface area contributed by atoms with Crippen LogP contribution in [0.3, 0.4) is 0 Å². The Morgan fingerprint density at radius 1 is 1.41 bits per heavy atom. The summed E-state index contributed by atoms with van der Waals surface area (Å²) < 4.78 is 5.26. The minimum atomic E-state index is -0.489. The molecule has 1 saturated heterocycles. The van der Waals surface area contributed by atoms with Gasteiger partial charge in [0.05, 0.1) is 6.20 Å². The molecule has 22 heavy (non-hydrogen) atoms. The van der Waals surface area contributed by atoms with Crippen LogP contribution < -0.4 is 16.0 Å². The van der Waals surface area contributed by atoms with E-state index in [9.17, 15) is 9.59 Å². The molecule has 1 aliphatic heterocycles. The van der Waals surface area contributed by atoms with Gasteiger partial charge in [-0.15, -0.1) is 0 Å². The molecule has 1 aromatic heterocycles. The highest BCUT2D eigenvalue weighted by Crippen LogP contribution is 2.25. The Kier molecular flexibility index (Phi) is 4.90. The highest BCUT2D eigenvalue weighted by Gasteiger charge is 2.25. The van der Waals surface area contributed by atoms with Crippen LogP contribution in [0.1, 0.15) is 43.3 Å². The molecular weight excluding hydrogens is 304 g/mol. The molecule has 7 nitrogen and oxygen atoms in total. The molecule has 1 aliphatic rings. The number of carbonyl (C=O) groups is 2. The number of hydrogen-bond acceptors (Lipinski definition) is 6. The summed E-state index contributed by atoms with van der Waals surface area (Å²) in [5.74, 6) is -0.453. The van der Waals surface area contributed by atoms with Gasteiger partial charge in [-0.2, -0.15) is 0 Å². The lowest BCUT2D eigenvalue weighted by Gasteiger charge is -2.32. The van der Waals surface area contributed by atoms with Gasteiger partial charge in [0, 0.05) is 19.1 Å². The third-order valence-electron chi connectivity index (χ3n) is 3.22. The van der Waals surface area contributed by atoms with Crippen LogP contribution in [0.2, 0.25) is 0 Å². The van der Waals surface area contributed by atoms with Crippen molar-refractivity contribution < 1.29 is 14.3 Å². The van der Waals surface area contributed by atoms with Crippen molar-refractivity contribution in [1.82, 2.24) is 10.3 Å². The van der Waals surface area contributed by atoms with E-state index in [1.165, 1.54) is 17.5 Å². The molecule has 0 spiro atoms. The largest absolute Gasteiger partial charge is 0.444 e. The third kappa shape index (κ3) is 4.59. The van der Waals surface area contributed by atoms with Crippen LogP contribution in [0.5, 0.6) is 0 Å². The molecule has 2 rings (SSSR count). The fourth-order valence-electron chi connectivity index (χ4n) is 2.21. The summed E-state index contributed by atoms with van der Waals surface area (Å²) in [6.45, 7) is 7.06. The predicted molar refractivity (Wildman–Crippen MR) is 85.2 cm³/mol. The molecular formula is C14H22N4O3S. The van der Waals surface area contributed by atoms with Crippen molar-refractivity contribution in [1.29, 1.82) is 0 Å². The number of thiazole rings is 1. The standard InChI is InChI=1S/C14H22N4O3S/c1-14(2,3)21-13(20)17-9-4-6-18(7-5-9)12-16-8-10(22-12)11(15)19/h8-9H,4-7H2,1-3H3,(H2,15,19)(H,17,20). The lowest BCUT2D eigenvalue weighted by Crippen LogP contribution is -2.46. The summed E-state index contributed by atoms with van der Waals surface area (Å²) in [5, 5.41) is 3.69. The van der Waals surface area contributed by atoms with Crippen molar-refractivity contribution in [3.8, 4) is 0 Å². The smallest absolute Gasteiger partial charge is 0.407 e. The average Bonchev–Trinajstić information content (AvgIpc) is 2.87. The molecule has 1 fully saturated rings. The molecule has 0 saturated carbocycles. The topological polar surface area (TPSA) is 97.6 Å². The number of ether oxygens (including phenoxy) is 1. The summed E-state index contributed by atoms with van der Waals surface area (Å²) in [7, 11) is 0. The van der Waals surface area contributed by atoms with Crippen LogP contribution in [-0.4, -0.2) is 41.7 Å². The van der Waals surface area contributed by atoms with Crippen molar-refractivity contribution >= 4 is 28.5 Å². The number of nitrogens with zero attached hydrogens (tertiary/aromatic N) is 2. The zero-order chi connectivity index (χ0) is 16.3. The fraction of sp³-hybridized carbons (Fsp3) is 0.643. The molecule has 3 N–H and O–H groups in total. The average molecular weight is 326 g/mol. The van der Waals surface area contributed by atoms with Gasteiger partial charge in [-0.05, 0) is 33.6 Å². The van der Waals surface area contributed by atoms with Crippen molar-refractivity contribution in [2.45, 2.75) is 45.3 Å². The number of piperidine rings is 1. The summed E-state index contributed by atoms with van der Waals surface area (Å²) in [6.07, 6.45) is 2.75. The lowest BCUT2D eigenvalue weighted by molar-refractivity contribution is 0.0497. The molecule has 2 amide bonds. The first kappa shape index (κ1) is 16.5. The number of nitrogens with two attached hydrogens (primary N) is 1. The number of carbonyl (C=O) groups excluding carboxylic acids is 2. The molecule has 0 unspecified atom stereocenters. The van der Waals surface area contributed by atoms with Crippen LogP contribution in [0.25, 0.3) is 0 Å². The van der Waals surface area contributed by atoms with Gasteiger partial charge < -0.3 is 20.7 Å². The third-order valence-corrected chi connectivity index (χ3v) is 4.30. The zero-order valence-electron chi connectivity index (χ0n) is 13.1. The van der Waals surface area contributed by atoms with Gasteiger partial charge in [0.15, 0.2) is 5.13 Å². The summed E-state index contributed by atoms with van der Waals surface area (Å²) in [4.78, 5) is 29.6. The van der Waals surface area contributed by atoms with Gasteiger partial charge >= 0.3 is 6.09 Å². The maximum absolute atomic E-state index is 11.7. The SMILES string of the molecule is CC(C)(C)OC(=O)NC1CCN(c2ncc(C(N)=O)s2)CC1. The lowest BCUT2D eigenvalue weighted by atomic mass is 10.1. The molecule has 0 bridgehead atoms. The van der Waals surface area contributed by atoms with E-state index in [0.717, 1.165) is 31.1 Å². The number of amides is 2. The Morgan fingerprint density at radius 3 is 2.55 bits per heavy atom. The summed E-state index contributed by atoms with van der Waals surface area (Å²) in [6, 6.07) is 0.0988. The van der Waals surface area contributed by atoms with E-state index in [1.807, 2.05) is 20.8 Å². The van der Waals surface area contributed by atoms with E-state index >= 15 is 0 Å². The van der Waals surface area contributed by atoms with Crippen LogP contribution in [0.4, 0.5) is 9.93 Å². The Balaban J connectivity index is 1.82. The Morgan fingerprint density at radius 2 is 2.05 bits per heavy atom. The van der Waals surface area contributed by atoms with Gasteiger partial charge in [0.1, 0.15) is 10.5 Å². The number of anilines is 1.